The minimum Gasteiger partial charge on any atom is -0.480 e. The number of nitrogens with zero attached hydrogens (tertiary/aromatic N) is 2. The summed E-state index contributed by atoms with van der Waals surface area (Å²) in [6.07, 6.45) is 2.25. The lowest BCUT2D eigenvalue weighted by molar-refractivity contribution is -0.134. The quantitative estimate of drug-likeness (QED) is 0.287. The van der Waals surface area contributed by atoms with E-state index in [1.54, 1.807) is 24.3 Å². The average molecular weight is 517 g/mol. The maximum Gasteiger partial charge on any atom is 0.322 e. The Morgan fingerprint density at radius 1 is 0.946 bits per heavy atom. The number of anilines is 1. The van der Waals surface area contributed by atoms with Gasteiger partial charge >= 0.3 is 5.97 Å². The summed E-state index contributed by atoms with van der Waals surface area (Å²) in [6.45, 7) is 1.73. The first-order chi connectivity index (χ1) is 17.7. The monoisotopic (exact) mass is 516 g/mol. The molecule has 0 aliphatic rings. The number of carbonyl (C=O) groups is 1. The van der Waals surface area contributed by atoms with Crippen LogP contribution in [-0.4, -0.2) is 36.0 Å². The summed E-state index contributed by atoms with van der Waals surface area (Å²) in [5.41, 5.74) is 10.8. The number of aryl methyl sites for hydroxylation is 1. The van der Waals surface area contributed by atoms with Crippen LogP contribution in [0.3, 0.4) is 0 Å². The number of benzene rings is 2. The number of sulfone groups is 1. The molecule has 0 bridgehead atoms. The van der Waals surface area contributed by atoms with E-state index in [9.17, 15) is 13.2 Å². The van der Waals surface area contributed by atoms with Crippen molar-refractivity contribution < 1.29 is 18.3 Å². The molecule has 0 aliphatic heterocycles. The van der Waals surface area contributed by atoms with Gasteiger partial charge in [0.05, 0.1) is 5.69 Å². The Labute approximate surface area is 216 Å². The average Bonchev–Trinajstić information content (AvgIpc) is 2.93. The highest BCUT2D eigenvalue weighted by molar-refractivity contribution is 7.92. The van der Waals surface area contributed by atoms with E-state index in [0.717, 1.165) is 17.5 Å². The van der Waals surface area contributed by atoms with Crippen LogP contribution in [0, 0.1) is 0 Å². The molecule has 1 unspecified atom stereocenters. The van der Waals surface area contributed by atoms with Gasteiger partial charge in [0.25, 0.3) is 0 Å². The third kappa shape index (κ3) is 5.68. The lowest BCUT2D eigenvalue weighted by Gasteiger charge is -2.29. The summed E-state index contributed by atoms with van der Waals surface area (Å²) in [5, 5.41) is 11.5. The van der Waals surface area contributed by atoms with Crippen molar-refractivity contribution in [3.63, 3.8) is 0 Å². The Hall–Kier alpha value is -4.08. The van der Waals surface area contributed by atoms with Gasteiger partial charge in [-0.1, -0.05) is 67.6 Å². The summed E-state index contributed by atoms with van der Waals surface area (Å²) in [4.78, 5) is 17.4. The van der Waals surface area contributed by atoms with E-state index in [-0.39, 0.29) is 29.5 Å². The molecule has 2 aromatic carbocycles. The largest absolute Gasteiger partial charge is 0.480 e. The smallest absolute Gasteiger partial charge is 0.322 e. The Balaban J connectivity index is 1.74. The normalized spacial score (nSPS) is 13.0. The van der Waals surface area contributed by atoms with Gasteiger partial charge in [-0.3, -0.25) is 4.79 Å². The number of rotatable bonds is 10. The van der Waals surface area contributed by atoms with Crippen LogP contribution in [0.5, 0.6) is 0 Å². The van der Waals surface area contributed by atoms with E-state index in [1.807, 2.05) is 36.4 Å². The highest BCUT2D eigenvalue weighted by Crippen LogP contribution is 2.34. The molecule has 37 heavy (non-hydrogen) atoms. The number of nitrogens with two attached hydrogens (primary N) is 1. The molecule has 0 aliphatic carbocycles. The minimum absolute atomic E-state index is 0.0728. The summed E-state index contributed by atoms with van der Waals surface area (Å²) in [7, 11) is -4.21. The van der Waals surface area contributed by atoms with Gasteiger partial charge in [-0.25, -0.2) is 18.4 Å². The molecule has 0 saturated carbocycles. The second-order valence-corrected chi connectivity index (χ2v) is 10.8. The molecular weight excluding hydrogens is 488 g/mol. The summed E-state index contributed by atoms with van der Waals surface area (Å²) in [6, 6.07) is 25.1. The molecule has 0 saturated heterocycles. The molecule has 4 aromatic rings. The van der Waals surface area contributed by atoms with Crippen LogP contribution in [0.1, 0.15) is 23.7 Å². The van der Waals surface area contributed by atoms with Crippen LogP contribution in [0.25, 0.3) is 11.1 Å². The predicted molar refractivity (Wildman–Crippen MR) is 143 cm³/mol. The van der Waals surface area contributed by atoms with E-state index in [0.29, 0.717) is 5.56 Å². The number of carboxylic acids is 1. The topological polar surface area (TPSA) is 135 Å². The Kier molecular flexibility index (Phi) is 7.66. The maximum absolute atomic E-state index is 13.9. The number of pyridine rings is 2. The molecule has 9 heteroatoms. The lowest BCUT2D eigenvalue weighted by atomic mass is 9.98. The van der Waals surface area contributed by atoms with Crippen molar-refractivity contribution in [2.45, 2.75) is 29.7 Å². The second-order valence-electron chi connectivity index (χ2n) is 8.64. The maximum atomic E-state index is 13.9. The SMILES string of the molecule is CCc1cccc(-c2ccc(CC(N)(c3cccc(NCC(=O)O)n3)S(=O)(=O)c3ccccn3)cc2)c1. The van der Waals surface area contributed by atoms with E-state index in [4.69, 9.17) is 10.8 Å². The number of hydrogen-bond acceptors (Lipinski definition) is 7. The zero-order chi connectivity index (χ0) is 26.5. The van der Waals surface area contributed by atoms with Crippen LogP contribution >= 0.6 is 0 Å². The second kappa shape index (κ2) is 10.9. The highest BCUT2D eigenvalue weighted by atomic mass is 32.2. The fraction of sp³-hybridized carbons (Fsp3) is 0.179. The molecule has 2 heterocycles. The van der Waals surface area contributed by atoms with Crippen molar-refractivity contribution in [3.05, 3.63) is 108 Å². The zero-order valence-electron chi connectivity index (χ0n) is 20.3. The fourth-order valence-electron chi connectivity index (χ4n) is 4.04. The van der Waals surface area contributed by atoms with Crippen molar-refractivity contribution >= 4 is 21.6 Å². The molecule has 8 nitrogen and oxygen atoms in total. The van der Waals surface area contributed by atoms with Crippen molar-refractivity contribution in [1.82, 2.24) is 9.97 Å². The molecule has 0 fully saturated rings. The molecule has 0 spiro atoms. The number of hydrogen-bond donors (Lipinski definition) is 3. The van der Waals surface area contributed by atoms with Gasteiger partial charge in [-0.15, -0.1) is 0 Å². The van der Waals surface area contributed by atoms with Crippen molar-refractivity contribution in [3.8, 4) is 11.1 Å². The summed E-state index contributed by atoms with van der Waals surface area (Å²) >= 11 is 0. The summed E-state index contributed by atoms with van der Waals surface area (Å²) in [5.74, 6) is -0.867. The first-order valence-electron chi connectivity index (χ1n) is 11.8. The van der Waals surface area contributed by atoms with E-state index < -0.39 is 20.7 Å². The van der Waals surface area contributed by atoms with Gasteiger partial charge in [-0.05, 0) is 52.9 Å². The van der Waals surface area contributed by atoms with Gasteiger partial charge in [0.15, 0.2) is 9.90 Å². The Morgan fingerprint density at radius 3 is 2.38 bits per heavy atom. The minimum atomic E-state index is -4.21. The van der Waals surface area contributed by atoms with Gasteiger partial charge in [0.1, 0.15) is 12.4 Å². The third-order valence-corrected chi connectivity index (χ3v) is 8.19. The van der Waals surface area contributed by atoms with E-state index >= 15 is 0 Å². The predicted octanol–water partition coefficient (Wildman–Crippen LogP) is 4.03. The number of carboxylic acid groups (broad SMARTS) is 1. The molecule has 190 valence electrons. The van der Waals surface area contributed by atoms with Crippen molar-refractivity contribution in [2.24, 2.45) is 5.73 Å². The van der Waals surface area contributed by atoms with Gasteiger partial charge in [0, 0.05) is 12.6 Å². The van der Waals surface area contributed by atoms with Crippen LogP contribution in [0.2, 0.25) is 0 Å². The van der Waals surface area contributed by atoms with E-state index in [1.165, 1.54) is 23.9 Å². The van der Waals surface area contributed by atoms with Crippen LogP contribution < -0.4 is 11.1 Å². The van der Waals surface area contributed by atoms with Crippen LogP contribution in [-0.2, 0) is 32.3 Å². The van der Waals surface area contributed by atoms with Crippen LogP contribution in [0.15, 0.2) is 96.2 Å². The number of aromatic nitrogens is 2. The standard InChI is InChI=1S/C28H28N4O4S/c1-2-20-7-5-8-23(17-20)22-14-12-21(13-15-22)18-28(29,37(35,36)26-11-3-4-16-30-26)24-9-6-10-25(32-24)31-19-27(33)34/h3-17H,2,18-19,29H2,1H3,(H,31,32)(H,33,34). The molecule has 0 amide bonds. The lowest BCUT2D eigenvalue weighted by Crippen LogP contribution is -2.47. The molecule has 1 atom stereocenters. The fourth-order valence-corrected chi connectivity index (χ4v) is 5.62. The molecule has 4 rings (SSSR count). The molecule has 4 N–H and O–H groups in total. The van der Waals surface area contributed by atoms with Gasteiger partial charge < -0.3 is 16.2 Å². The first kappa shape index (κ1) is 26.0. The third-order valence-electron chi connectivity index (χ3n) is 6.09. The van der Waals surface area contributed by atoms with Crippen molar-refractivity contribution in [2.75, 3.05) is 11.9 Å². The van der Waals surface area contributed by atoms with Crippen LogP contribution in [0.4, 0.5) is 5.82 Å². The van der Waals surface area contributed by atoms with E-state index in [2.05, 4.69) is 34.3 Å². The highest BCUT2D eigenvalue weighted by Gasteiger charge is 2.45. The Bertz CT molecular complexity index is 1490. The molecule has 0 radical (unpaired) electrons. The molecule has 2 aromatic heterocycles. The van der Waals surface area contributed by atoms with Gasteiger partial charge in [-0.2, -0.15) is 0 Å². The number of nitrogens with one attached hydrogen (secondary N) is 1. The molecular formula is C28H28N4O4S. The summed E-state index contributed by atoms with van der Waals surface area (Å²) < 4.78 is 27.7. The number of aliphatic carboxylic acids is 1. The zero-order valence-corrected chi connectivity index (χ0v) is 21.2. The Morgan fingerprint density at radius 2 is 1.70 bits per heavy atom. The first-order valence-corrected chi connectivity index (χ1v) is 13.3. The van der Waals surface area contributed by atoms with Crippen molar-refractivity contribution in [1.29, 1.82) is 0 Å². The van der Waals surface area contributed by atoms with Gasteiger partial charge in [0.2, 0.25) is 9.84 Å².